The van der Waals surface area contributed by atoms with E-state index in [1.54, 1.807) is 0 Å². The number of halogens is 3. The number of hydrogen-bond acceptors (Lipinski definition) is 3. The molecule has 1 aromatic carbocycles. The Kier molecular flexibility index (Phi) is 3.16. The van der Waals surface area contributed by atoms with E-state index in [4.69, 9.17) is 0 Å². The molecule has 2 amide bonds. The molecule has 1 saturated heterocycles. The minimum Gasteiger partial charge on any atom is -0.282 e. The molecule has 0 aliphatic carbocycles. The highest BCUT2D eigenvalue weighted by molar-refractivity contribution is 8.18. The molecule has 18 heavy (non-hydrogen) atoms. The largest absolute Gasteiger partial charge is 0.416 e. The van der Waals surface area contributed by atoms with Crippen LogP contribution in [0.4, 0.5) is 18.0 Å². The first-order valence-corrected chi connectivity index (χ1v) is 5.60. The fraction of sp³-hybridized carbons (Fsp3) is 0.0909. The molecule has 0 aromatic heterocycles. The fourth-order valence-electron chi connectivity index (χ4n) is 1.34. The van der Waals surface area contributed by atoms with Crippen molar-refractivity contribution in [1.82, 2.24) is 5.32 Å². The van der Waals surface area contributed by atoms with Gasteiger partial charge >= 0.3 is 6.18 Å². The first kappa shape index (κ1) is 12.7. The van der Waals surface area contributed by atoms with E-state index in [9.17, 15) is 22.8 Å². The zero-order valence-corrected chi connectivity index (χ0v) is 9.56. The quantitative estimate of drug-likeness (QED) is 0.800. The van der Waals surface area contributed by atoms with Gasteiger partial charge in [0.2, 0.25) is 0 Å². The number of nitrogens with one attached hydrogen (secondary N) is 1. The van der Waals surface area contributed by atoms with Crippen LogP contribution in [0.5, 0.6) is 0 Å². The van der Waals surface area contributed by atoms with Crippen LogP contribution in [0.25, 0.3) is 6.08 Å². The smallest absolute Gasteiger partial charge is 0.282 e. The van der Waals surface area contributed by atoms with E-state index in [-0.39, 0.29) is 4.91 Å². The summed E-state index contributed by atoms with van der Waals surface area (Å²) in [5.74, 6) is -0.537. The third kappa shape index (κ3) is 2.73. The summed E-state index contributed by atoms with van der Waals surface area (Å²) in [7, 11) is 0. The molecule has 1 fully saturated rings. The summed E-state index contributed by atoms with van der Waals surface area (Å²) >= 11 is 0.718. The Balaban J connectivity index is 2.24. The molecule has 94 valence electrons. The van der Waals surface area contributed by atoms with Gasteiger partial charge < -0.3 is 0 Å². The molecular formula is C11H6F3NO2S. The van der Waals surface area contributed by atoms with Crippen molar-refractivity contribution in [2.24, 2.45) is 0 Å². The normalized spacial score (nSPS) is 18.3. The van der Waals surface area contributed by atoms with Gasteiger partial charge in [-0.3, -0.25) is 14.9 Å². The minimum absolute atomic E-state index is 0.166. The second-order valence-electron chi connectivity index (χ2n) is 3.47. The van der Waals surface area contributed by atoms with Crippen LogP contribution in [0.3, 0.4) is 0 Å². The van der Waals surface area contributed by atoms with E-state index >= 15 is 0 Å². The standard InChI is InChI=1S/C11H6F3NO2S/c12-11(13,14)7-3-1-6(2-4-7)5-8-9(16)15-10(17)18-8/h1-5H,(H,15,16,17)/b8-5-. The van der Waals surface area contributed by atoms with Crippen LogP contribution >= 0.6 is 11.8 Å². The van der Waals surface area contributed by atoms with Gasteiger partial charge in [0, 0.05) is 0 Å². The minimum atomic E-state index is -4.39. The lowest BCUT2D eigenvalue weighted by atomic mass is 10.1. The molecule has 1 aliphatic heterocycles. The van der Waals surface area contributed by atoms with Gasteiger partial charge in [-0.2, -0.15) is 13.2 Å². The molecule has 1 heterocycles. The highest BCUT2D eigenvalue weighted by Gasteiger charge is 2.30. The van der Waals surface area contributed by atoms with Crippen molar-refractivity contribution in [3.05, 3.63) is 40.3 Å². The van der Waals surface area contributed by atoms with Crippen molar-refractivity contribution in [1.29, 1.82) is 0 Å². The maximum atomic E-state index is 12.3. The molecule has 7 heteroatoms. The molecule has 3 nitrogen and oxygen atoms in total. The fourth-order valence-corrected chi connectivity index (χ4v) is 2.02. The maximum Gasteiger partial charge on any atom is 0.416 e. The SMILES string of the molecule is O=C1NC(=O)/C(=C/c2ccc(C(F)(F)F)cc2)S1. The lowest BCUT2D eigenvalue weighted by Crippen LogP contribution is -2.17. The van der Waals surface area contributed by atoms with Crippen molar-refractivity contribution in [3.8, 4) is 0 Å². The second-order valence-corrected chi connectivity index (χ2v) is 4.49. The summed E-state index contributed by atoms with van der Waals surface area (Å²) in [6.45, 7) is 0. The number of thioether (sulfide) groups is 1. The van der Waals surface area contributed by atoms with Crippen LogP contribution in [-0.4, -0.2) is 11.1 Å². The van der Waals surface area contributed by atoms with Gasteiger partial charge in [-0.1, -0.05) is 12.1 Å². The molecule has 1 N–H and O–H groups in total. The lowest BCUT2D eigenvalue weighted by Gasteiger charge is -2.05. The predicted octanol–water partition coefficient (Wildman–Crippen LogP) is 3.03. The Hall–Kier alpha value is -1.76. The Morgan fingerprint density at radius 3 is 2.17 bits per heavy atom. The first-order chi connectivity index (χ1) is 8.36. The molecule has 0 atom stereocenters. The number of carbonyl (C=O) groups is 2. The number of amides is 2. The summed E-state index contributed by atoms with van der Waals surface area (Å²) in [5, 5.41) is 1.57. The highest BCUT2D eigenvalue weighted by atomic mass is 32.2. The number of carbonyl (C=O) groups excluding carboxylic acids is 2. The Labute approximate surface area is 104 Å². The Morgan fingerprint density at radius 1 is 1.11 bits per heavy atom. The number of alkyl halides is 3. The average molecular weight is 273 g/mol. The van der Waals surface area contributed by atoms with E-state index in [1.807, 2.05) is 0 Å². The third-order valence-electron chi connectivity index (χ3n) is 2.18. The van der Waals surface area contributed by atoms with E-state index in [2.05, 4.69) is 5.32 Å². The van der Waals surface area contributed by atoms with Crippen molar-refractivity contribution in [3.63, 3.8) is 0 Å². The van der Waals surface area contributed by atoms with Gasteiger partial charge in [-0.25, -0.2) is 0 Å². The Morgan fingerprint density at radius 2 is 1.72 bits per heavy atom. The summed E-state index contributed by atoms with van der Waals surface area (Å²) in [4.78, 5) is 22.3. The van der Waals surface area contributed by atoms with Gasteiger partial charge in [-0.05, 0) is 35.5 Å². The van der Waals surface area contributed by atoms with Crippen LogP contribution in [0, 0.1) is 0 Å². The summed E-state index contributed by atoms with van der Waals surface area (Å²) in [5.41, 5.74) is -0.334. The van der Waals surface area contributed by atoms with Crippen molar-refractivity contribution < 1.29 is 22.8 Å². The molecule has 0 bridgehead atoms. The number of imide groups is 1. The predicted molar refractivity (Wildman–Crippen MR) is 60.6 cm³/mol. The van der Waals surface area contributed by atoms with Crippen LogP contribution in [0.1, 0.15) is 11.1 Å². The van der Waals surface area contributed by atoms with Crippen LogP contribution < -0.4 is 5.32 Å². The molecule has 1 aliphatic rings. The number of rotatable bonds is 1. The maximum absolute atomic E-state index is 12.3. The van der Waals surface area contributed by atoms with Gasteiger partial charge in [0.15, 0.2) is 0 Å². The van der Waals surface area contributed by atoms with Crippen LogP contribution in [0.2, 0.25) is 0 Å². The van der Waals surface area contributed by atoms with Gasteiger partial charge in [-0.15, -0.1) is 0 Å². The Bertz CT molecular complexity index is 534. The van der Waals surface area contributed by atoms with Gasteiger partial charge in [0.25, 0.3) is 11.1 Å². The summed E-state index contributed by atoms with van der Waals surface area (Å²) in [6, 6.07) is 4.33. The molecule has 0 spiro atoms. The van der Waals surface area contributed by atoms with E-state index in [0.717, 1.165) is 23.9 Å². The third-order valence-corrected chi connectivity index (χ3v) is 2.99. The topological polar surface area (TPSA) is 46.2 Å². The van der Waals surface area contributed by atoms with E-state index < -0.39 is 22.9 Å². The number of hydrogen-bond donors (Lipinski definition) is 1. The molecule has 0 saturated carbocycles. The van der Waals surface area contributed by atoms with Gasteiger partial charge in [0.1, 0.15) is 0 Å². The molecule has 2 rings (SSSR count). The lowest BCUT2D eigenvalue weighted by molar-refractivity contribution is -0.137. The molecule has 1 aromatic rings. The summed E-state index contributed by atoms with van der Waals surface area (Å²) < 4.78 is 36.9. The second kappa shape index (κ2) is 4.49. The van der Waals surface area contributed by atoms with Crippen molar-refractivity contribution in [2.45, 2.75) is 6.18 Å². The van der Waals surface area contributed by atoms with Crippen molar-refractivity contribution >= 4 is 29.0 Å². The monoisotopic (exact) mass is 273 g/mol. The zero-order chi connectivity index (χ0) is 13.3. The average Bonchev–Trinajstić information content (AvgIpc) is 2.57. The van der Waals surface area contributed by atoms with Crippen LogP contribution in [-0.2, 0) is 11.0 Å². The van der Waals surface area contributed by atoms with Crippen LogP contribution in [0.15, 0.2) is 29.2 Å². The molecular weight excluding hydrogens is 267 g/mol. The molecule has 0 radical (unpaired) electrons. The van der Waals surface area contributed by atoms with E-state index in [1.165, 1.54) is 18.2 Å². The van der Waals surface area contributed by atoms with Crippen molar-refractivity contribution in [2.75, 3.05) is 0 Å². The highest BCUT2D eigenvalue weighted by Crippen LogP contribution is 2.30. The van der Waals surface area contributed by atoms with E-state index in [0.29, 0.717) is 5.56 Å². The number of benzene rings is 1. The van der Waals surface area contributed by atoms with Gasteiger partial charge in [0.05, 0.1) is 10.5 Å². The zero-order valence-electron chi connectivity index (χ0n) is 8.75. The first-order valence-electron chi connectivity index (χ1n) is 4.78. The summed E-state index contributed by atoms with van der Waals surface area (Å²) in [6.07, 6.45) is -3.02. The molecule has 0 unspecified atom stereocenters.